The monoisotopic (exact) mass is 361 g/mol. The molecule has 0 radical (unpaired) electrons. The molecule has 0 saturated carbocycles. The van der Waals surface area contributed by atoms with Crippen molar-refractivity contribution in [3.8, 4) is 0 Å². The van der Waals surface area contributed by atoms with Crippen molar-refractivity contribution in [3.05, 3.63) is 78.2 Å². The fourth-order valence-corrected chi connectivity index (χ4v) is 4.44. The Bertz CT molecular complexity index is 836. The van der Waals surface area contributed by atoms with E-state index < -0.39 is 0 Å². The molecular weight excluding hydrogens is 334 g/mol. The van der Waals surface area contributed by atoms with Crippen molar-refractivity contribution in [1.82, 2.24) is 10.3 Å². The highest BCUT2D eigenvalue weighted by atomic mass is 16.1. The second-order valence-corrected chi connectivity index (χ2v) is 7.42. The van der Waals surface area contributed by atoms with Gasteiger partial charge >= 0.3 is 0 Å². The van der Waals surface area contributed by atoms with Crippen molar-refractivity contribution >= 4 is 11.6 Å². The Morgan fingerprint density at radius 2 is 2.11 bits per heavy atom. The van der Waals surface area contributed by atoms with Gasteiger partial charge in [0.1, 0.15) is 0 Å². The molecule has 4 heteroatoms. The molecule has 0 saturated heterocycles. The number of hydrogen-bond acceptors (Lipinski definition) is 2. The molecule has 1 aromatic heterocycles. The van der Waals surface area contributed by atoms with Gasteiger partial charge in [-0.2, -0.15) is 0 Å². The number of allylic oxidation sites excluding steroid dienone is 1. The molecule has 2 heterocycles. The summed E-state index contributed by atoms with van der Waals surface area (Å²) in [5.74, 6) is -0.0767. The van der Waals surface area contributed by atoms with E-state index in [1.807, 2.05) is 0 Å². The van der Waals surface area contributed by atoms with E-state index in [9.17, 15) is 4.79 Å². The minimum absolute atomic E-state index is 0.0767. The number of carbonyl (C=O) groups is 1. The van der Waals surface area contributed by atoms with Crippen LogP contribution >= 0.6 is 0 Å². The summed E-state index contributed by atoms with van der Waals surface area (Å²) in [6.45, 7) is 4.58. The van der Waals surface area contributed by atoms with Crippen molar-refractivity contribution in [2.24, 2.45) is 0 Å². The molecular formula is C23H27N3O. The van der Waals surface area contributed by atoms with E-state index in [1.54, 1.807) is 0 Å². The standard InChI is InChI=1S/C23H27N3O/c1-2-22(27)25-18-9-7-6-8-17(16-18)23-20-12-14-24-21(20)13-15-26(23)19-10-4-3-5-11-19/h2-5,8,10-12,14,18,23-24H,1,6-7,9,13,15-16H2,(H,25,27). The SMILES string of the molecule is C=CC(=O)NC1CCCC=C(C2c3cc[nH]c3CCN2c2ccccc2)C1. The predicted molar refractivity (Wildman–Crippen MR) is 110 cm³/mol. The van der Waals surface area contributed by atoms with Crippen LogP contribution in [0, 0.1) is 0 Å². The zero-order valence-electron chi connectivity index (χ0n) is 15.7. The maximum atomic E-state index is 11.9. The molecule has 4 nitrogen and oxygen atoms in total. The quantitative estimate of drug-likeness (QED) is 0.630. The number of benzene rings is 1. The van der Waals surface area contributed by atoms with E-state index >= 15 is 0 Å². The molecule has 1 amide bonds. The number of fused-ring (bicyclic) bond motifs is 1. The number of nitrogens with zero attached hydrogens (tertiary/aromatic N) is 1. The molecule has 2 atom stereocenters. The maximum Gasteiger partial charge on any atom is 0.243 e. The Labute approximate surface area is 161 Å². The molecule has 1 aliphatic heterocycles. The first kappa shape index (κ1) is 17.7. The molecule has 2 aromatic rings. The van der Waals surface area contributed by atoms with Crippen LogP contribution in [-0.2, 0) is 11.2 Å². The molecule has 1 aromatic carbocycles. The molecule has 1 aliphatic carbocycles. The zero-order chi connectivity index (χ0) is 18.6. The van der Waals surface area contributed by atoms with E-state index in [2.05, 4.69) is 70.5 Å². The Kier molecular flexibility index (Phi) is 5.14. The van der Waals surface area contributed by atoms with Gasteiger partial charge in [0.15, 0.2) is 0 Å². The largest absolute Gasteiger partial charge is 0.365 e. The first-order valence-corrected chi connectivity index (χ1v) is 9.86. The van der Waals surface area contributed by atoms with Crippen molar-refractivity contribution < 1.29 is 4.79 Å². The van der Waals surface area contributed by atoms with Crippen molar-refractivity contribution in [1.29, 1.82) is 0 Å². The Morgan fingerprint density at radius 1 is 1.26 bits per heavy atom. The summed E-state index contributed by atoms with van der Waals surface area (Å²) < 4.78 is 0. The van der Waals surface area contributed by atoms with Crippen LogP contribution in [0.2, 0.25) is 0 Å². The summed E-state index contributed by atoms with van der Waals surface area (Å²) in [7, 11) is 0. The number of carbonyl (C=O) groups excluding carboxylic acids is 1. The van der Waals surface area contributed by atoms with Crippen LogP contribution in [0.1, 0.15) is 43.0 Å². The number of nitrogens with one attached hydrogen (secondary N) is 2. The second-order valence-electron chi connectivity index (χ2n) is 7.42. The molecule has 4 rings (SSSR count). The fraction of sp³-hybridized carbons (Fsp3) is 0.348. The van der Waals surface area contributed by atoms with Crippen LogP contribution in [0.15, 0.2) is 66.9 Å². The third-order valence-electron chi connectivity index (χ3n) is 5.69. The lowest BCUT2D eigenvalue weighted by molar-refractivity contribution is -0.117. The number of aromatic nitrogens is 1. The van der Waals surface area contributed by atoms with Gasteiger partial charge in [0.25, 0.3) is 0 Å². The van der Waals surface area contributed by atoms with Gasteiger partial charge in [0, 0.05) is 36.6 Å². The van der Waals surface area contributed by atoms with Gasteiger partial charge in [-0.3, -0.25) is 4.79 Å². The summed E-state index contributed by atoms with van der Waals surface area (Å²) in [6.07, 6.45) is 10.9. The minimum Gasteiger partial charge on any atom is -0.365 e. The Balaban J connectivity index is 1.68. The number of rotatable bonds is 4. The molecule has 140 valence electrons. The molecule has 2 aliphatic rings. The van der Waals surface area contributed by atoms with Crippen LogP contribution < -0.4 is 10.2 Å². The Hall–Kier alpha value is -2.75. The molecule has 0 bridgehead atoms. The van der Waals surface area contributed by atoms with E-state index in [0.717, 1.165) is 38.6 Å². The highest BCUT2D eigenvalue weighted by Gasteiger charge is 2.32. The molecule has 2 unspecified atom stereocenters. The van der Waals surface area contributed by atoms with E-state index in [4.69, 9.17) is 0 Å². The lowest BCUT2D eigenvalue weighted by Crippen LogP contribution is -2.39. The smallest absolute Gasteiger partial charge is 0.243 e. The number of aromatic amines is 1. The average molecular weight is 361 g/mol. The summed E-state index contributed by atoms with van der Waals surface area (Å²) >= 11 is 0. The van der Waals surface area contributed by atoms with Crippen molar-refractivity contribution in [2.45, 2.75) is 44.2 Å². The van der Waals surface area contributed by atoms with Crippen LogP contribution in [-0.4, -0.2) is 23.5 Å². The number of hydrogen-bond donors (Lipinski definition) is 2. The van der Waals surface area contributed by atoms with Crippen LogP contribution in [0.4, 0.5) is 5.69 Å². The van der Waals surface area contributed by atoms with E-state index in [0.29, 0.717) is 0 Å². The summed E-state index contributed by atoms with van der Waals surface area (Å²) in [5, 5.41) is 3.13. The molecule has 27 heavy (non-hydrogen) atoms. The first-order valence-electron chi connectivity index (χ1n) is 9.86. The second kappa shape index (κ2) is 7.87. The predicted octanol–water partition coefficient (Wildman–Crippen LogP) is 4.29. The average Bonchev–Trinajstić information content (AvgIpc) is 3.07. The molecule has 0 spiro atoms. The summed E-state index contributed by atoms with van der Waals surface area (Å²) in [6, 6.07) is 13.3. The summed E-state index contributed by atoms with van der Waals surface area (Å²) in [4.78, 5) is 17.8. The minimum atomic E-state index is -0.0767. The molecule has 2 N–H and O–H groups in total. The maximum absolute atomic E-state index is 11.9. The number of H-pyrrole nitrogens is 1. The highest BCUT2D eigenvalue weighted by molar-refractivity contribution is 5.87. The fourth-order valence-electron chi connectivity index (χ4n) is 4.44. The van der Waals surface area contributed by atoms with Gasteiger partial charge in [0.05, 0.1) is 6.04 Å². The van der Waals surface area contributed by atoms with Gasteiger partial charge in [-0.05, 0) is 61.1 Å². The van der Waals surface area contributed by atoms with Crippen molar-refractivity contribution in [3.63, 3.8) is 0 Å². The normalized spacial score (nSPS) is 22.4. The number of para-hydroxylation sites is 1. The summed E-state index contributed by atoms with van der Waals surface area (Å²) in [5.41, 5.74) is 5.37. The first-order chi connectivity index (χ1) is 13.3. The van der Waals surface area contributed by atoms with Crippen molar-refractivity contribution in [2.75, 3.05) is 11.4 Å². The van der Waals surface area contributed by atoms with Crippen LogP contribution in [0.5, 0.6) is 0 Å². The topological polar surface area (TPSA) is 48.1 Å². The Morgan fingerprint density at radius 3 is 2.93 bits per heavy atom. The number of anilines is 1. The van der Waals surface area contributed by atoms with Gasteiger partial charge in [0.2, 0.25) is 5.91 Å². The third kappa shape index (κ3) is 3.70. The lowest BCUT2D eigenvalue weighted by Gasteiger charge is -2.40. The lowest BCUT2D eigenvalue weighted by atomic mass is 9.88. The van der Waals surface area contributed by atoms with Crippen LogP contribution in [0.25, 0.3) is 0 Å². The van der Waals surface area contributed by atoms with E-state index in [-0.39, 0.29) is 18.0 Å². The third-order valence-corrected chi connectivity index (χ3v) is 5.69. The van der Waals surface area contributed by atoms with E-state index in [1.165, 1.54) is 28.6 Å². The zero-order valence-corrected chi connectivity index (χ0v) is 15.7. The number of amides is 1. The van der Waals surface area contributed by atoms with Gasteiger partial charge in [-0.1, -0.05) is 30.9 Å². The van der Waals surface area contributed by atoms with Gasteiger partial charge < -0.3 is 15.2 Å². The highest BCUT2D eigenvalue weighted by Crippen LogP contribution is 2.40. The molecule has 0 fully saturated rings. The van der Waals surface area contributed by atoms with Crippen LogP contribution in [0.3, 0.4) is 0 Å². The van der Waals surface area contributed by atoms with Gasteiger partial charge in [-0.15, -0.1) is 0 Å². The van der Waals surface area contributed by atoms with Gasteiger partial charge in [-0.25, -0.2) is 0 Å².